The van der Waals surface area contributed by atoms with Gasteiger partial charge in [-0.05, 0) is 13.0 Å². The number of imidazole rings is 1. The van der Waals surface area contributed by atoms with Gasteiger partial charge in [-0.15, -0.1) is 0 Å². The van der Waals surface area contributed by atoms with Crippen LogP contribution in [-0.4, -0.2) is 28.2 Å². The van der Waals surface area contributed by atoms with Gasteiger partial charge in [0.05, 0.1) is 6.61 Å². The molecule has 0 fully saturated rings. The van der Waals surface area contributed by atoms with Crippen molar-refractivity contribution >= 4 is 0 Å². The topological polar surface area (TPSA) is 70.2 Å². The van der Waals surface area contributed by atoms with Gasteiger partial charge in [0.2, 0.25) is 0 Å². The number of rotatable bonds is 7. The van der Waals surface area contributed by atoms with Gasteiger partial charge in [0.25, 0.3) is 0 Å². The summed E-state index contributed by atoms with van der Waals surface area (Å²) in [5.41, 5.74) is 0.838. The quantitative estimate of drug-likeness (QED) is 0.665. The summed E-state index contributed by atoms with van der Waals surface area (Å²) in [7, 11) is 0. The largest absolute Gasteiger partial charge is 0.504 e. The van der Waals surface area contributed by atoms with Crippen LogP contribution in [0.2, 0.25) is 0 Å². The molecule has 19 heavy (non-hydrogen) atoms. The lowest BCUT2D eigenvalue weighted by Gasteiger charge is -2.10. The number of phenolic OH excluding ortho intramolecular Hbond substituents is 1. The fourth-order valence-electron chi connectivity index (χ4n) is 1.85. The molecule has 1 aromatic carbocycles. The summed E-state index contributed by atoms with van der Waals surface area (Å²) in [5, 5.41) is 13.3. The van der Waals surface area contributed by atoms with E-state index in [2.05, 4.69) is 15.3 Å². The number of phenols is 1. The number of hydrogen-bond donors (Lipinski definition) is 3. The van der Waals surface area contributed by atoms with E-state index in [1.54, 1.807) is 12.3 Å². The molecule has 0 aliphatic rings. The van der Waals surface area contributed by atoms with Gasteiger partial charge in [-0.3, -0.25) is 0 Å². The number of ether oxygens (including phenoxy) is 1. The Balaban J connectivity index is 1.83. The molecule has 1 aromatic heterocycles. The van der Waals surface area contributed by atoms with Crippen LogP contribution in [0.25, 0.3) is 0 Å². The zero-order chi connectivity index (χ0) is 13.5. The van der Waals surface area contributed by atoms with Crippen LogP contribution in [0.1, 0.15) is 18.3 Å². The fraction of sp³-hybridized carbons (Fsp3) is 0.357. The van der Waals surface area contributed by atoms with Gasteiger partial charge in [0.1, 0.15) is 5.82 Å². The molecule has 0 saturated heterocycles. The van der Waals surface area contributed by atoms with Gasteiger partial charge in [0, 0.05) is 37.5 Å². The highest BCUT2D eigenvalue weighted by molar-refractivity contribution is 5.45. The van der Waals surface area contributed by atoms with Gasteiger partial charge in [-0.2, -0.15) is 0 Å². The van der Waals surface area contributed by atoms with Gasteiger partial charge in [-0.25, -0.2) is 4.98 Å². The standard InChI is InChI=1S/C14H19N3O2/c1-2-19-12-5-3-4-11(14(12)18)10-15-7-6-13-16-8-9-17-13/h3-5,8-9,15,18H,2,6-7,10H2,1H3,(H,16,17). The maximum atomic E-state index is 10.0. The average Bonchev–Trinajstić information content (AvgIpc) is 2.92. The second-order valence-corrected chi connectivity index (χ2v) is 4.16. The monoisotopic (exact) mass is 261 g/mol. The summed E-state index contributed by atoms with van der Waals surface area (Å²) in [5.74, 6) is 1.71. The number of aromatic nitrogens is 2. The number of aromatic amines is 1. The lowest BCUT2D eigenvalue weighted by molar-refractivity contribution is 0.316. The maximum absolute atomic E-state index is 10.0. The summed E-state index contributed by atoms with van der Waals surface area (Å²) >= 11 is 0. The third kappa shape index (κ3) is 3.72. The van der Waals surface area contributed by atoms with Crippen LogP contribution in [0.3, 0.4) is 0 Å². The second-order valence-electron chi connectivity index (χ2n) is 4.16. The van der Waals surface area contributed by atoms with Gasteiger partial charge in [0.15, 0.2) is 11.5 Å². The van der Waals surface area contributed by atoms with E-state index in [0.29, 0.717) is 18.9 Å². The summed E-state index contributed by atoms with van der Waals surface area (Å²) in [6.07, 6.45) is 4.39. The molecule has 0 amide bonds. The first kappa shape index (κ1) is 13.4. The summed E-state index contributed by atoms with van der Waals surface area (Å²) in [4.78, 5) is 7.20. The summed E-state index contributed by atoms with van der Waals surface area (Å²) in [6.45, 7) is 3.84. The Morgan fingerprint density at radius 1 is 1.42 bits per heavy atom. The molecule has 2 aromatic rings. The predicted octanol–water partition coefficient (Wildman–Crippen LogP) is 1.85. The molecule has 2 rings (SSSR count). The van der Waals surface area contributed by atoms with Crippen LogP contribution in [0.4, 0.5) is 0 Å². The third-order valence-corrected chi connectivity index (χ3v) is 2.79. The average molecular weight is 261 g/mol. The third-order valence-electron chi connectivity index (χ3n) is 2.79. The molecule has 0 unspecified atom stereocenters. The van der Waals surface area contributed by atoms with Crippen molar-refractivity contribution in [3.63, 3.8) is 0 Å². The van der Waals surface area contributed by atoms with Crippen molar-refractivity contribution < 1.29 is 9.84 Å². The van der Waals surface area contributed by atoms with E-state index in [1.807, 2.05) is 25.3 Å². The number of para-hydroxylation sites is 1. The summed E-state index contributed by atoms with van der Waals surface area (Å²) in [6, 6.07) is 5.54. The van der Waals surface area contributed by atoms with E-state index in [0.717, 1.165) is 24.4 Å². The van der Waals surface area contributed by atoms with E-state index in [9.17, 15) is 5.11 Å². The van der Waals surface area contributed by atoms with Crippen molar-refractivity contribution in [3.8, 4) is 11.5 Å². The number of nitrogens with one attached hydrogen (secondary N) is 2. The van der Waals surface area contributed by atoms with Crippen molar-refractivity contribution in [2.45, 2.75) is 19.9 Å². The first-order valence-corrected chi connectivity index (χ1v) is 6.44. The molecule has 0 aliphatic carbocycles. The number of nitrogens with zero attached hydrogens (tertiary/aromatic N) is 1. The number of benzene rings is 1. The Labute approximate surface area is 112 Å². The van der Waals surface area contributed by atoms with E-state index >= 15 is 0 Å². The van der Waals surface area contributed by atoms with E-state index in [1.165, 1.54) is 0 Å². The van der Waals surface area contributed by atoms with Crippen molar-refractivity contribution in [2.75, 3.05) is 13.2 Å². The SMILES string of the molecule is CCOc1cccc(CNCCc2ncc[nH]2)c1O. The zero-order valence-corrected chi connectivity index (χ0v) is 11.0. The fourth-order valence-corrected chi connectivity index (χ4v) is 1.85. The molecular weight excluding hydrogens is 242 g/mol. The Hall–Kier alpha value is -2.01. The van der Waals surface area contributed by atoms with Crippen LogP contribution in [0, 0.1) is 0 Å². The molecule has 0 atom stereocenters. The Morgan fingerprint density at radius 2 is 2.32 bits per heavy atom. The van der Waals surface area contributed by atoms with Crippen LogP contribution in [0.5, 0.6) is 11.5 Å². The normalized spacial score (nSPS) is 10.6. The number of H-pyrrole nitrogens is 1. The van der Waals surface area contributed by atoms with Crippen LogP contribution >= 0.6 is 0 Å². The molecule has 0 spiro atoms. The lowest BCUT2D eigenvalue weighted by atomic mass is 10.2. The minimum absolute atomic E-state index is 0.217. The molecule has 1 heterocycles. The van der Waals surface area contributed by atoms with Crippen molar-refractivity contribution in [1.82, 2.24) is 15.3 Å². The minimum Gasteiger partial charge on any atom is -0.504 e. The van der Waals surface area contributed by atoms with E-state index < -0.39 is 0 Å². The highest BCUT2D eigenvalue weighted by Gasteiger charge is 2.07. The molecule has 0 aliphatic heterocycles. The number of aromatic hydroxyl groups is 1. The van der Waals surface area contributed by atoms with Crippen LogP contribution in [0.15, 0.2) is 30.6 Å². The highest BCUT2D eigenvalue weighted by Crippen LogP contribution is 2.29. The van der Waals surface area contributed by atoms with E-state index in [4.69, 9.17) is 4.74 Å². The molecule has 0 bridgehead atoms. The first-order valence-electron chi connectivity index (χ1n) is 6.44. The Bertz CT molecular complexity index is 497. The van der Waals surface area contributed by atoms with Crippen LogP contribution in [-0.2, 0) is 13.0 Å². The van der Waals surface area contributed by atoms with Crippen LogP contribution < -0.4 is 10.1 Å². The molecular formula is C14H19N3O2. The van der Waals surface area contributed by atoms with Crippen molar-refractivity contribution in [2.24, 2.45) is 0 Å². The minimum atomic E-state index is 0.217. The molecule has 5 nitrogen and oxygen atoms in total. The van der Waals surface area contributed by atoms with Gasteiger partial charge >= 0.3 is 0 Å². The van der Waals surface area contributed by atoms with E-state index in [-0.39, 0.29) is 5.75 Å². The van der Waals surface area contributed by atoms with Gasteiger partial charge < -0.3 is 20.1 Å². The van der Waals surface area contributed by atoms with Crippen molar-refractivity contribution in [1.29, 1.82) is 0 Å². The zero-order valence-electron chi connectivity index (χ0n) is 11.0. The molecule has 102 valence electrons. The smallest absolute Gasteiger partial charge is 0.162 e. The molecule has 5 heteroatoms. The number of hydrogen-bond acceptors (Lipinski definition) is 4. The molecule has 0 saturated carbocycles. The molecule has 3 N–H and O–H groups in total. The lowest BCUT2D eigenvalue weighted by Crippen LogP contribution is -2.17. The van der Waals surface area contributed by atoms with Gasteiger partial charge in [-0.1, -0.05) is 12.1 Å². The highest BCUT2D eigenvalue weighted by atomic mass is 16.5. The summed E-state index contributed by atoms with van der Waals surface area (Å²) < 4.78 is 5.35. The Morgan fingerprint density at radius 3 is 3.05 bits per heavy atom. The predicted molar refractivity (Wildman–Crippen MR) is 73.3 cm³/mol. The van der Waals surface area contributed by atoms with Crippen molar-refractivity contribution in [3.05, 3.63) is 42.0 Å². The maximum Gasteiger partial charge on any atom is 0.162 e. The second kappa shape index (κ2) is 6.80. The molecule has 0 radical (unpaired) electrons. The Kier molecular flexibility index (Phi) is 4.80. The first-order chi connectivity index (χ1) is 9.31.